The SMILES string of the molecule is COc1cc(C(=O)N2CCN(C(=O)NCc3ccc(N4CCCCC4)nc3)CC2)ccc1C. The highest BCUT2D eigenvalue weighted by atomic mass is 16.5. The highest BCUT2D eigenvalue weighted by molar-refractivity contribution is 5.95. The Morgan fingerprint density at radius 1 is 0.970 bits per heavy atom. The molecule has 0 atom stereocenters. The van der Waals surface area contributed by atoms with E-state index < -0.39 is 0 Å². The molecule has 0 spiro atoms. The van der Waals surface area contributed by atoms with E-state index in [1.54, 1.807) is 23.0 Å². The number of aryl methyl sites for hydroxylation is 1. The van der Waals surface area contributed by atoms with E-state index in [0.717, 1.165) is 30.0 Å². The minimum absolute atomic E-state index is 0.0340. The van der Waals surface area contributed by atoms with Gasteiger partial charge in [0.1, 0.15) is 11.6 Å². The van der Waals surface area contributed by atoms with Gasteiger partial charge in [-0.15, -0.1) is 0 Å². The zero-order valence-electron chi connectivity index (χ0n) is 19.5. The fourth-order valence-electron chi connectivity index (χ4n) is 4.37. The summed E-state index contributed by atoms with van der Waals surface area (Å²) in [5, 5.41) is 2.98. The first-order valence-corrected chi connectivity index (χ1v) is 11.7. The second kappa shape index (κ2) is 10.6. The van der Waals surface area contributed by atoms with Crippen molar-refractivity contribution in [2.75, 3.05) is 51.3 Å². The number of anilines is 1. The van der Waals surface area contributed by atoms with E-state index in [1.165, 1.54) is 19.3 Å². The topological polar surface area (TPSA) is 78.0 Å². The molecule has 1 aromatic carbocycles. The third-order valence-electron chi connectivity index (χ3n) is 6.44. The summed E-state index contributed by atoms with van der Waals surface area (Å²) < 4.78 is 5.33. The number of benzene rings is 1. The number of amides is 3. The molecule has 33 heavy (non-hydrogen) atoms. The van der Waals surface area contributed by atoms with Crippen LogP contribution in [0.2, 0.25) is 0 Å². The van der Waals surface area contributed by atoms with Gasteiger partial charge in [-0.1, -0.05) is 12.1 Å². The minimum Gasteiger partial charge on any atom is -0.496 e. The third-order valence-corrected chi connectivity index (χ3v) is 6.44. The Hall–Kier alpha value is -3.29. The molecule has 0 aliphatic carbocycles. The third kappa shape index (κ3) is 5.56. The van der Waals surface area contributed by atoms with Crippen molar-refractivity contribution in [1.29, 1.82) is 0 Å². The number of carbonyl (C=O) groups is 2. The van der Waals surface area contributed by atoms with Crippen molar-refractivity contribution in [2.24, 2.45) is 0 Å². The van der Waals surface area contributed by atoms with Crippen LogP contribution in [-0.4, -0.2) is 73.1 Å². The summed E-state index contributed by atoms with van der Waals surface area (Å²) >= 11 is 0. The van der Waals surface area contributed by atoms with Gasteiger partial charge in [-0.25, -0.2) is 9.78 Å². The molecule has 2 fully saturated rings. The lowest BCUT2D eigenvalue weighted by Gasteiger charge is -2.34. The number of carbonyl (C=O) groups excluding carboxylic acids is 2. The summed E-state index contributed by atoms with van der Waals surface area (Å²) in [7, 11) is 1.60. The summed E-state index contributed by atoms with van der Waals surface area (Å²) in [6.45, 7) is 6.55. The van der Waals surface area contributed by atoms with Crippen LogP contribution in [0.1, 0.15) is 40.7 Å². The number of rotatable bonds is 5. The molecular weight excluding hydrogens is 418 g/mol. The number of ether oxygens (including phenoxy) is 1. The quantitative estimate of drug-likeness (QED) is 0.756. The van der Waals surface area contributed by atoms with Crippen molar-refractivity contribution in [3.63, 3.8) is 0 Å². The highest BCUT2D eigenvalue weighted by Crippen LogP contribution is 2.21. The lowest BCUT2D eigenvalue weighted by atomic mass is 10.1. The van der Waals surface area contributed by atoms with E-state index in [4.69, 9.17) is 4.74 Å². The average Bonchev–Trinajstić information content (AvgIpc) is 2.88. The molecule has 3 heterocycles. The number of piperidine rings is 1. The molecule has 8 heteroatoms. The molecule has 2 aliphatic heterocycles. The first-order chi connectivity index (χ1) is 16.0. The fraction of sp³-hybridized carbons (Fsp3) is 0.480. The normalized spacial score (nSPS) is 16.5. The number of nitrogens with one attached hydrogen (secondary N) is 1. The zero-order chi connectivity index (χ0) is 23.2. The van der Waals surface area contributed by atoms with Crippen molar-refractivity contribution >= 4 is 17.8 Å². The van der Waals surface area contributed by atoms with E-state index in [2.05, 4.69) is 15.2 Å². The Balaban J connectivity index is 1.24. The molecule has 2 aromatic rings. The van der Waals surface area contributed by atoms with Gasteiger partial charge in [-0.05, 0) is 55.5 Å². The van der Waals surface area contributed by atoms with Crippen LogP contribution in [0, 0.1) is 6.92 Å². The molecule has 1 N–H and O–H groups in total. The van der Waals surface area contributed by atoms with E-state index >= 15 is 0 Å². The molecule has 0 bridgehead atoms. The average molecular weight is 452 g/mol. The summed E-state index contributed by atoms with van der Waals surface area (Å²) in [4.78, 5) is 35.9. The maximum Gasteiger partial charge on any atom is 0.317 e. The largest absolute Gasteiger partial charge is 0.496 e. The van der Waals surface area contributed by atoms with Crippen LogP contribution in [0.25, 0.3) is 0 Å². The number of nitrogens with zero attached hydrogens (tertiary/aromatic N) is 4. The number of aromatic nitrogens is 1. The van der Waals surface area contributed by atoms with Crippen LogP contribution >= 0.6 is 0 Å². The standard InChI is InChI=1S/C25H33N5O3/c1-19-6-8-21(16-22(19)33-2)24(31)29-12-14-30(15-13-29)25(32)27-18-20-7-9-23(26-17-20)28-10-4-3-5-11-28/h6-9,16-17H,3-5,10-15,18H2,1-2H3,(H,27,32). The molecule has 2 aliphatic rings. The molecule has 0 unspecified atom stereocenters. The van der Waals surface area contributed by atoms with Crippen LogP contribution in [-0.2, 0) is 6.54 Å². The Morgan fingerprint density at radius 2 is 1.70 bits per heavy atom. The van der Waals surface area contributed by atoms with Crippen LogP contribution < -0.4 is 15.0 Å². The van der Waals surface area contributed by atoms with Crippen molar-refractivity contribution in [2.45, 2.75) is 32.7 Å². The predicted molar refractivity (Wildman–Crippen MR) is 128 cm³/mol. The smallest absolute Gasteiger partial charge is 0.317 e. The zero-order valence-corrected chi connectivity index (χ0v) is 19.5. The van der Waals surface area contributed by atoms with E-state index in [1.807, 2.05) is 37.4 Å². The predicted octanol–water partition coefficient (Wildman–Crippen LogP) is 3.06. The summed E-state index contributed by atoms with van der Waals surface area (Å²) in [6.07, 6.45) is 5.58. The van der Waals surface area contributed by atoms with Gasteiger partial charge in [0.25, 0.3) is 5.91 Å². The van der Waals surface area contributed by atoms with Gasteiger partial charge in [-0.3, -0.25) is 4.79 Å². The molecule has 3 amide bonds. The van der Waals surface area contributed by atoms with Gasteiger partial charge < -0.3 is 24.8 Å². The number of urea groups is 1. The maximum absolute atomic E-state index is 12.8. The van der Waals surface area contributed by atoms with Crippen LogP contribution in [0.4, 0.5) is 10.6 Å². The van der Waals surface area contributed by atoms with Gasteiger partial charge in [-0.2, -0.15) is 0 Å². The van der Waals surface area contributed by atoms with Gasteiger partial charge in [0.05, 0.1) is 7.11 Å². The van der Waals surface area contributed by atoms with E-state index in [0.29, 0.717) is 44.0 Å². The second-order valence-electron chi connectivity index (χ2n) is 8.69. The number of piperazine rings is 1. The van der Waals surface area contributed by atoms with Gasteiger partial charge in [0, 0.05) is 57.6 Å². The molecule has 176 valence electrons. The second-order valence-corrected chi connectivity index (χ2v) is 8.69. The Bertz CT molecular complexity index is 965. The van der Waals surface area contributed by atoms with E-state index in [-0.39, 0.29) is 11.9 Å². The first-order valence-electron chi connectivity index (χ1n) is 11.7. The number of hydrogen-bond acceptors (Lipinski definition) is 5. The Morgan fingerprint density at radius 3 is 2.36 bits per heavy atom. The monoisotopic (exact) mass is 451 g/mol. The summed E-state index contributed by atoms with van der Waals surface area (Å²) in [5.41, 5.74) is 2.58. The molecule has 0 saturated carbocycles. The molecular formula is C25H33N5O3. The molecule has 0 radical (unpaired) electrons. The van der Waals surface area contributed by atoms with Crippen LogP contribution in [0.3, 0.4) is 0 Å². The lowest BCUT2D eigenvalue weighted by molar-refractivity contribution is 0.0664. The van der Waals surface area contributed by atoms with Crippen molar-refractivity contribution < 1.29 is 14.3 Å². The van der Waals surface area contributed by atoms with Crippen molar-refractivity contribution in [3.8, 4) is 5.75 Å². The maximum atomic E-state index is 12.8. The Labute approximate surface area is 195 Å². The number of pyridine rings is 1. The van der Waals surface area contributed by atoms with Crippen molar-refractivity contribution in [1.82, 2.24) is 20.1 Å². The van der Waals surface area contributed by atoms with Crippen LogP contribution in [0.15, 0.2) is 36.5 Å². The van der Waals surface area contributed by atoms with E-state index in [9.17, 15) is 9.59 Å². The molecule has 1 aromatic heterocycles. The van der Waals surface area contributed by atoms with Gasteiger partial charge in [0.2, 0.25) is 0 Å². The summed E-state index contributed by atoms with van der Waals surface area (Å²) in [5.74, 6) is 1.68. The van der Waals surface area contributed by atoms with Crippen molar-refractivity contribution in [3.05, 3.63) is 53.2 Å². The lowest BCUT2D eigenvalue weighted by Crippen LogP contribution is -2.53. The van der Waals surface area contributed by atoms with Gasteiger partial charge >= 0.3 is 6.03 Å². The minimum atomic E-state index is -0.112. The highest BCUT2D eigenvalue weighted by Gasteiger charge is 2.25. The molecule has 2 saturated heterocycles. The molecule has 4 rings (SSSR count). The molecule has 8 nitrogen and oxygen atoms in total. The first kappa shape index (κ1) is 22.9. The van der Waals surface area contributed by atoms with Crippen LogP contribution in [0.5, 0.6) is 5.75 Å². The van der Waals surface area contributed by atoms with Gasteiger partial charge in [0.15, 0.2) is 0 Å². The fourth-order valence-corrected chi connectivity index (χ4v) is 4.37. The summed E-state index contributed by atoms with van der Waals surface area (Å²) in [6, 6.07) is 9.45. The number of hydrogen-bond donors (Lipinski definition) is 1. The number of methoxy groups -OCH3 is 1. The Kier molecular flexibility index (Phi) is 7.32.